The Balaban J connectivity index is 2.54. The maximum Gasteiger partial charge on any atom is 0.279 e. The van der Waals surface area contributed by atoms with E-state index in [9.17, 15) is 14.4 Å². The molecule has 0 aliphatic heterocycles. The number of hydrogen-bond donors (Lipinski definition) is 3. The van der Waals surface area contributed by atoms with Crippen LogP contribution in [0.3, 0.4) is 0 Å². The van der Waals surface area contributed by atoms with Gasteiger partial charge in [0.25, 0.3) is 11.8 Å². The number of benzene rings is 1. The number of ether oxygens (including phenoxy) is 1. The minimum absolute atomic E-state index is 0.124. The van der Waals surface area contributed by atoms with Crippen LogP contribution in [0.4, 0.5) is 0 Å². The summed E-state index contributed by atoms with van der Waals surface area (Å²) < 4.78 is 6.33. The van der Waals surface area contributed by atoms with Crippen molar-refractivity contribution in [3.63, 3.8) is 0 Å². The molecule has 0 unspecified atom stereocenters. The molecular formula is C16H22BrN3O4. The minimum Gasteiger partial charge on any atom is -0.481 e. The van der Waals surface area contributed by atoms with Gasteiger partial charge in [-0.25, -0.2) is 0 Å². The average Bonchev–Trinajstić information content (AvgIpc) is 2.49. The van der Waals surface area contributed by atoms with Crippen LogP contribution in [0.2, 0.25) is 0 Å². The molecule has 0 saturated carbocycles. The normalized spacial score (nSPS) is 12.9. The Morgan fingerprint density at radius 2 is 1.71 bits per heavy atom. The van der Waals surface area contributed by atoms with E-state index in [0.29, 0.717) is 5.75 Å². The molecule has 7 nitrogen and oxygen atoms in total. The summed E-state index contributed by atoms with van der Waals surface area (Å²) in [6, 6.07) is 6.34. The second-order valence-corrected chi connectivity index (χ2v) is 6.53. The summed E-state index contributed by atoms with van der Waals surface area (Å²) in [5.41, 5.74) is 4.60. The van der Waals surface area contributed by atoms with Gasteiger partial charge in [0.05, 0.1) is 0 Å². The van der Waals surface area contributed by atoms with Crippen LogP contribution in [-0.4, -0.2) is 29.9 Å². The molecule has 0 aromatic heterocycles. The molecule has 0 aliphatic carbocycles. The number of carbonyl (C=O) groups excluding carboxylic acids is 3. The highest BCUT2D eigenvalue weighted by Gasteiger charge is 2.24. The zero-order chi connectivity index (χ0) is 18.3. The summed E-state index contributed by atoms with van der Waals surface area (Å²) in [5.74, 6) is -0.920. The van der Waals surface area contributed by atoms with Crippen molar-refractivity contribution in [1.82, 2.24) is 16.2 Å². The van der Waals surface area contributed by atoms with Gasteiger partial charge in [-0.1, -0.05) is 35.8 Å². The lowest BCUT2D eigenvalue weighted by molar-refractivity contribution is -0.135. The molecule has 1 aromatic carbocycles. The van der Waals surface area contributed by atoms with Crippen molar-refractivity contribution >= 4 is 33.7 Å². The Bertz CT molecular complexity index is 607. The molecule has 24 heavy (non-hydrogen) atoms. The number of amides is 3. The third kappa shape index (κ3) is 6.57. The van der Waals surface area contributed by atoms with Gasteiger partial charge >= 0.3 is 0 Å². The molecule has 3 amide bonds. The Kier molecular flexibility index (Phi) is 7.70. The van der Waals surface area contributed by atoms with Crippen LogP contribution >= 0.6 is 15.9 Å². The van der Waals surface area contributed by atoms with E-state index in [4.69, 9.17) is 4.74 Å². The second kappa shape index (κ2) is 9.27. The van der Waals surface area contributed by atoms with Crippen molar-refractivity contribution in [2.45, 2.75) is 39.8 Å². The molecule has 0 saturated heterocycles. The molecule has 0 bridgehead atoms. The van der Waals surface area contributed by atoms with Crippen LogP contribution in [0, 0.1) is 5.92 Å². The summed E-state index contributed by atoms with van der Waals surface area (Å²) in [5, 5.41) is 2.54. The molecule has 0 heterocycles. The zero-order valence-corrected chi connectivity index (χ0v) is 15.6. The lowest BCUT2D eigenvalue weighted by atomic mass is 10.0. The van der Waals surface area contributed by atoms with E-state index in [0.717, 1.165) is 4.47 Å². The third-order valence-corrected chi connectivity index (χ3v) is 3.59. The highest BCUT2D eigenvalue weighted by atomic mass is 79.9. The maximum absolute atomic E-state index is 12.1. The predicted octanol–water partition coefficient (Wildman–Crippen LogP) is 1.52. The van der Waals surface area contributed by atoms with E-state index >= 15 is 0 Å². The van der Waals surface area contributed by atoms with Crippen molar-refractivity contribution in [2.75, 3.05) is 0 Å². The molecule has 3 N–H and O–H groups in total. The standard InChI is InChI=1S/C16H22BrN3O4/c1-9(2)14(18-11(4)21)16(23)20-19-15(22)10(3)24-13-7-5-6-12(17)8-13/h5-10,14H,1-4H3,(H,18,21)(H,19,22)(H,20,23)/t10-,14-/m0/s1. The van der Waals surface area contributed by atoms with Gasteiger partial charge in [0.1, 0.15) is 11.8 Å². The first-order valence-corrected chi connectivity index (χ1v) is 8.29. The van der Waals surface area contributed by atoms with E-state index < -0.39 is 24.0 Å². The van der Waals surface area contributed by atoms with Crippen molar-refractivity contribution in [3.8, 4) is 5.75 Å². The van der Waals surface area contributed by atoms with E-state index in [1.54, 1.807) is 39.0 Å². The molecule has 0 spiro atoms. The van der Waals surface area contributed by atoms with Gasteiger partial charge in [0.2, 0.25) is 5.91 Å². The Hall–Kier alpha value is -2.09. The predicted molar refractivity (Wildman–Crippen MR) is 93.0 cm³/mol. The van der Waals surface area contributed by atoms with Gasteiger partial charge in [-0.3, -0.25) is 25.2 Å². The molecule has 0 radical (unpaired) electrons. The Morgan fingerprint density at radius 1 is 1.08 bits per heavy atom. The molecule has 8 heteroatoms. The van der Waals surface area contributed by atoms with E-state index in [1.807, 2.05) is 6.07 Å². The van der Waals surface area contributed by atoms with Crippen LogP contribution in [0.5, 0.6) is 5.75 Å². The highest BCUT2D eigenvalue weighted by molar-refractivity contribution is 9.10. The Labute approximate surface area is 149 Å². The van der Waals surface area contributed by atoms with Crippen molar-refractivity contribution in [1.29, 1.82) is 0 Å². The van der Waals surface area contributed by atoms with Crippen molar-refractivity contribution in [3.05, 3.63) is 28.7 Å². The summed E-state index contributed by atoms with van der Waals surface area (Å²) in [4.78, 5) is 35.2. The number of hydrazine groups is 1. The molecule has 2 atom stereocenters. The molecule has 132 valence electrons. The summed E-state index contributed by atoms with van der Waals surface area (Å²) in [6.45, 7) is 6.48. The van der Waals surface area contributed by atoms with Gasteiger partial charge in [-0.15, -0.1) is 0 Å². The number of halogens is 1. The van der Waals surface area contributed by atoms with Crippen molar-refractivity contribution in [2.24, 2.45) is 5.92 Å². The van der Waals surface area contributed by atoms with Crippen LogP contribution in [0.25, 0.3) is 0 Å². The first kappa shape index (κ1) is 20.0. The molecule has 1 aromatic rings. The largest absolute Gasteiger partial charge is 0.481 e. The van der Waals surface area contributed by atoms with Gasteiger partial charge < -0.3 is 10.1 Å². The average molecular weight is 400 g/mol. The molecule has 1 rings (SSSR count). The lowest BCUT2D eigenvalue weighted by Crippen LogP contribution is -2.55. The third-order valence-electron chi connectivity index (χ3n) is 3.09. The SMILES string of the molecule is CC(=O)N[C@H](C(=O)NNC(=O)[C@H](C)Oc1cccc(Br)c1)C(C)C. The van der Waals surface area contributed by atoms with Gasteiger partial charge in [0.15, 0.2) is 6.10 Å². The number of rotatable bonds is 6. The fourth-order valence-electron chi connectivity index (χ4n) is 1.85. The lowest BCUT2D eigenvalue weighted by Gasteiger charge is -2.22. The summed E-state index contributed by atoms with van der Waals surface area (Å²) in [7, 11) is 0. The fourth-order valence-corrected chi connectivity index (χ4v) is 2.23. The van der Waals surface area contributed by atoms with Gasteiger partial charge in [-0.05, 0) is 31.0 Å². The topological polar surface area (TPSA) is 96.5 Å². The monoisotopic (exact) mass is 399 g/mol. The number of hydrogen-bond acceptors (Lipinski definition) is 4. The maximum atomic E-state index is 12.1. The number of nitrogens with one attached hydrogen (secondary N) is 3. The Morgan fingerprint density at radius 3 is 2.25 bits per heavy atom. The first-order valence-electron chi connectivity index (χ1n) is 7.49. The zero-order valence-electron chi connectivity index (χ0n) is 14.1. The first-order chi connectivity index (χ1) is 11.2. The quantitative estimate of drug-likeness (QED) is 0.631. The molecule has 0 aliphatic rings. The van der Waals surface area contributed by atoms with E-state index in [2.05, 4.69) is 32.1 Å². The fraction of sp³-hybridized carbons (Fsp3) is 0.438. The molecular weight excluding hydrogens is 378 g/mol. The smallest absolute Gasteiger partial charge is 0.279 e. The van der Waals surface area contributed by atoms with Crippen LogP contribution in [0.15, 0.2) is 28.7 Å². The van der Waals surface area contributed by atoms with E-state index in [-0.39, 0.29) is 11.8 Å². The van der Waals surface area contributed by atoms with Gasteiger partial charge in [-0.2, -0.15) is 0 Å². The van der Waals surface area contributed by atoms with Crippen LogP contribution in [0.1, 0.15) is 27.7 Å². The molecule has 0 fully saturated rings. The van der Waals surface area contributed by atoms with Crippen molar-refractivity contribution < 1.29 is 19.1 Å². The second-order valence-electron chi connectivity index (χ2n) is 5.62. The number of carbonyl (C=O) groups is 3. The van der Waals surface area contributed by atoms with Crippen LogP contribution < -0.4 is 20.9 Å². The van der Waals surface area contributed by atoms with Gasteiger partial charge in [0, 0.05) is 11.4 Å². The summed E-state index contributed by atoms with van der Waals surface area (Å²) >= 11 is 3.32. The highest BCUT2D eigenvalue weighted by Crippen LogP contribution is 2.18. The summed E-state index contributed by atoms with van der Waals surface area (Å²) in [6.07, 6.45) is -0.808. The van der Waals surface area contributed by atoms with Crippen LogP contribution in [-0.2, 0) is 14.4 Å². The van der Waals surface area contributed by atoms with E-state index in [1.165, 1.54) is 6.92 Å². The minimum atomic E-state index is -0.808.